The maximum Gasteiger partial charge on any atom is 0.330 e. The van der Waals surface area contributed by atoms with Crippen molar-refractivity contribution in [3.05, 3.63) is 32.6 Å². The van der Waals surface area contributed by atoms with Crippen LogP contribution >= 0.6 is 7.60 Å². The summed E-state index contributed by atoms with van der Waals surface area (Å²) in [6, 6.07) is 0. The summed E-state index contributed by atoms with van der Waals surface area (Å²) in [5.74, 6) is -0.543. The van der Waals surface area contributed by atoms with Crippen molar-refractivity contribution in [1.82, 2.24) is 9.55 Å². The molecule has 0 spiro atoms. The normalized spacial score (nSPS) is 33.4. The van der Waals surface area contributed by atoms with Crippen LogP contribution in [0.15, 0.2) is 15.8 Å². The lowest BCUT2D eigenvalue weighted by Crippen LogP contribution is -2.40. The maximum absolute atomic E-state index is 12.2. The summed E-state index contributed by atoms with van der Waals surface area (Å²) in [5.41, 5.74) is -1.88. The second-order valence-corrected chi connectivity index (χ2v) is 8.69. The van der Waals surface area contributed by atoms with Crippen LogP contribution in [0.25, 0.3) is 0 Å². The number of aliphatic hydroxyl groups is 1. The van der Waals surface area contributed by atoms with Crippen LogP contribution in [0.2, 0.25) is 0 Å². The van der Waals surface area contributed by atoms with Gasteiger partial charge in [0.2, 0.25) is 0 Å². The minimum Gasteiger partial charge on any atom is -0.387 e. The van der Waals surface area contributed by atoms with Crippen LogP contribution in [0.3, 0.4) is 0 Å². The summed E-state index contributed by atoms with van der Waals surface area (Å²) in [7, 11) is -2.81. The first-order chi connectivity index (χ1) is 12.6. The van der Waals surface area contributed by atoms with E-state index in [1.165, 1.54) is 20.2 Å². The molecule has 1 saturated heterocycles. The van der Waals surface area contributed by atoms with Gasteiger partial charge in [-0.2, -0.15) is 0 Å². The number of aliphatic hydroxyl groups excluding tert-OH is 1. The van der Waals surface area contributed by atoms with Gasteiger partial charge in [-0.3, -0.25) is 18.9 Å². The van der Waals surface area contributed by atoms with Gasteiger partial charge in [-0.15, -0.1) is 0 Å². The molecule has 12 heteroatoms. The predicted molar refractivity (Wildman–Crippen MR) is 91.5 cm³/mol. The lowest BCUT2D eigenvalue weighted by atomic mass is 10.1. The summed E-state index contributed by atoms with van der Waals surface area (Å²) < 4.78 is 28.9. The Morgan fingerprint density at radius 3 is 2.67 bits per heavy atom. The second-order valence-electron chi connectivity index (χ2n) is 6.84. The van der Waals surface area contributed by atoms with Crippen LogP contribution in [0.5, 0.6) is 0 Å². The predicted octanol–water partition coefficient (Wildman–Crippen LogP) is -1.30. The van der Waals surface area contributed by atoms with Gasteiger partial charge in [0.1, 0.15) is 12.2 Å². The van der Waals surface area contributed by atoms with E-state index in [1.54, 1.807) is 0 Å². The molecular formula is C15H23N2O9P. The number of nitrogens with one attached hydrogen (secondary N) is 1. The van der Waals surface area contributed by atoms with Gasteiger partial charge in [0.25, 0.3) is 5.56 Å². The average Bonchev–Trinajstić information content (AvgIpc) is 3.32. The molecule has 1 aromatic heterocycles. The van der Waals surface area contributed by atoms with Gasteiger partial charge in [-0.05, 0) is 13.3 Å². The molecule has 11 nitrogen and oxygen atoms in total. The van der Waals surface area contributed by atoms with Crippen molar-refractivity contribution >= 4 is 7.60 Å². The lowest BCUT2D eigenvalue weighted by molar-refractivity contribution is -0.0806. The Morgan fingerprint density at radius 1 is 1.37 bits per heavy atom. The fraction of sp³-hybridized carbons (Fsp3) is 0.733. The zero-order valence-electron chi connectivity index (χ0n) is 14.8. The number of H-pyrrole nitrogens is 1. The van der Waals surface area contributed by atoms with E-state index in [0.717, 1.165) is 4.57 Å². The summed E-state index contributed by atoms with van der Waals surface area (Å²) in [6.45, 7) is 1.88. The average molecular weight is 406 g/mol. The topological polar surface area (TPSA) is 160 Å². The molecule has 2 heterocycles. The van der Waals surface area contributed by atoms with Crippen LogP contribution in [-0.2, 0) is 18.8 Å². The van der Waals surface area contributed by atoms with Gasteiger partial charge >= 0.3 is 13.3 Å². The number of aromatic amines is 1. The molecule has 2 unspecified atom stereocenters. The van der Waals surface area contributed by atoms with Gasteiger partial charge in [-0.1, -0.05) is 0 Å². The number of aromatic nitrogens is 2. The zero-order valence-corrected chi connectivity index (χ0v) is 15.7. The number of aryl methyl sites for hydroxylation is 1. The third-order valence-electron chi connectivity index (χ3n) is 4.93. The first kappa shape index (κ1) is 20.4. The van der Waals surface area contributed by atoms with Gasteiger partial charge < -0.3 is 29.1 Å². The van der Waals surface area contributed by atoms with Crippen molar-refractivity contribution in [2.24, 2.45) is 5.92 Å². The van der Waals surface area contributed by atoms with Crippen LogP contribution < -0.4 is 11.2 Å². The van der Waals surface area contributed by atoms with E-state index < -0.39 is 55.0 Å². The minimum atomic E-state index is -4.29. The molecule has 1 aliphatic heterocycles. The number of rotatable bonds is 7. The molecule has 152 valence electrons. The van der Waals surface area contributed by atoms with E-state index in [9.17, 15) is 29.0 Å². The molecule has 1 aliphatic carbocycles. The van der Waals surface area contributed by atoms with Gasteiger partial charge in [0.05, 0.1) is 25.0 Å². The highest BCUT2D eigenvalue weighted by Gasteiger charge is 2.60. The van der Waals surface area contributed by atoms with E-state index in [-0.39, 0.29) is 25.2 Å². The molecular weight excluding hydrogens is 383 g/mol. The number of hydrogen-bond acceptors (Lipinski definition) is 7. The monoisotopic (exact) mass is 406 g/mol. The third kappa shape index (κ3) is 4.09. The Bertz CT molecular complexity index is 846. The summed E-state index contributed by atoms with van der Waals surface area (Å²) in [5, 5.41) is 10.7. The quantitative estimate of drug-likeness (QED) is 0.319. The van der Waals surface area contributed by atoms with Crippen molar-refractivity contribution in [2.75, 3.05) is 20.3 Å². The minimum absolute atomic E-state index is 0.120. The summed E-state index contributed by atoms with van der Waals surface area (Å²) in [4.78, 5) is 44.7. The number of hydrogen-bond donors (Lipinski definition) is 4. The van der Waals surface area contributed by atoms with E-state index in [1.807, 2.05) is 0 Å². The molecule has 3 rings (SSSR count). The Balaban J connectivity index is 1.88. The first-order valence-electron chi connectivity index (χ1n) is 8.46. The largest absolute Gasteiger partial charge is 0.387 e. The molecule has 2 fully saturated rings. The van der Waals surface area contributed by atoms with Gasteiger partial charge in [-0.25, -0.2) is 4.79 Å². The molecule has 1 aromatic rings. The van der Waals surface area contributed by atoms with E-state index in [4.69, 9.17) is 14.2 Å². The highest BCUT2D eigenvalue weighted by atomic mass is 31.2. The maximum atomic E-state index is 12.2. The SMILES string of the molecule is COCCO[C@@H]1[C@H](O)[C@@H](C2CC2P(=O)(O)O)O[C@H]1n1cc(C)c(=O)[nH]c1=O. The number of nitrogens with zero attached hydrogens (tertiary/aromatic N) is 1. The summed E-state index contributed by atoms with van der Waals surface area (Å²) >= 11 is 0. The van der Waals surface area contributed by atoms with Crippen molar-refractivity contribution in [2.45, 2.75) is 43.5 Å². The van der Waals surface area contributed by atoms with E-state index in [2.05, 4.69) is 4.98 Å². The Hall–Kier alpha value is -1.33. The molecule has 1 saturated carbocycles. The third-order valence-corrected chi connectivity index (χ3v) is 6.39. The van der Waals surface area contributed by atoms with Crippen molar-refractivity contribution < 1.29 is 33.7 Å². The van der Waals surface area contributed by atoms with E-state index in [0.29, 0.717) is 0 Å². The fourth-order valence-electron chi connectivity index (χ4n) is 3.42. The Labute approximate surface area is 154 Å². The molecule has 0 bridgehead atoms. The molecule has 27 heavy (non-hydrogen) atoms. The van der Waals surface area contributed by atoms with Crippen LogP contribution in [0.4, 0.5) is 0 Å². The van der Waals surface area contributed by atoms with Crippen LogP contribution in [0, 0.1) is 12.8 Å². The van der Waals surface area contributed by atoms with Gasteiger partial charge in [0, 0.05) is 24.8 Å². The number of ether oxygens (including phenoxy) is 3. The molecule has 0 radical (unpaired) electrons. The first-order valence-corrected chi connectivity index (χ1v) is 10.1. The summed E-state index contributed by atoms with van der Waals surface area (Å²) in [6.07, 6.45) is -2.61. The van der Waals surface area contributed by atoms with Crippen LogP contribution in [-0.4, -0.2) is 68.7 Å². The van der Waals surface area contributed by atoms with E-state index >= 15 is 0 Å². The molecule has 0 amide bonds. The second kappa shape index (κ2) is 7.59. The van der Waals surface area contributed by atoms with Crippen LogP contribution in [0.1, 0.15) is 18.2 Å². The van der Waals surface area contributed by atoms with Crippen molar-refractivity contribution in [3.63, 3.8) is 0 Å². The Morgan fingerprint density at radius 2 is 2.07 bits per heavy atom. The molecule has 2 aliphatic rings. The molecule has 6 atom stereocenters. The smallest absolute Gasteiger partial charge is 0.330 e. The highest BCUT2D eigenvalue weighted by molar-refractivity contribution is 7.53. The standard InChI is InChI=1S/C15H23N2O9P/c1-7-6-17(15(20)16-13(7)19)14-12(25-4-3-24-2)10(18)11(26-14)8-5-9(8)27(21,22)23/h6,8-12,14,18H,3-5H2,1-2H3,(H,16,19,20)(H2,21,22,23)/t8?,9?,10-,11-,12-,14-/m1/s1. The Kier molecular flexibility index (Phi) is 5.74. The zero-order chi connectivity index (χ0) is 19.9. The van der Waals surface area contributed by atoms with Crippen molar-refractivity contribution in [3.8, 4) is 0 Å². The lowest BCUT2D eigenvalue weighted by Gasteiger charge is -2.22. The fourth-order valence-corrected chi connectivity index (χ4v) is 4.60. The van der Waals surface area contributed by atoms with Crippen molar-refractivity contribution in [1.29, 1.82) is 0 Å². The molecule has 4 N–H and O–H groups in total. The highest BCUT2D eigenvalue weighted by Crippen LogP contribution is 2.61. The number of methoxy groups -OCH3 is 1. The van der Waals surface area contributed by atoms with Gasteiger partial charge in [0.15, 0.2) is 6.23 Å². The molecule has 0 aromatic carbocycles.